The average molecular weight is 571 g/mol. The summed E-state index contributed by atoms with van der Waals surface area (Å²) in [5.74, 6) is 0. The van der Waals surface area contributed by atoms with Crippen molar-refractivity contribution in [3.8, 4) is 0 Å². The third kappa shape index (κ3) is 24.9. The van der Waals surface area contributed by atoms with Crippen LogP contribution in [0.25, 0.3) is 0 Å². The van der Waals surface area contributed by atoms with Gasteiger partial charge in [0, 0.05) is 7.11 Å². The molecule has 0 aliphatic heterocycles. The van der Waals surface area contributed by atoms with Gasteiger partial charge in [-0.05, 0) is 114 Å². The standard InChI is InChI=1S/C41H62O/c1-34(2)20-14-23-37(5)26-17-29-38(6)27-15-24-35(3)21-12-13-22-36(4)25-16-28-39(7)30-18-31-40(8)32-19-33-41(9,10)42-11/h12-13,15-16,18,20-22,24-28,30-31H,14,17,19,23,29,32-33H2,1-11H3/b13-12+,24-15+,25-16+,30-18+,35-21+,36-22+,37-26+,38-27+,39-28+,40-31+. The van der Waals surface area contributed by atoms with Crippen molar-refractivity contribution < 1.29 is 4.74 Å². The second kappa shape index (κ2) is 23.6. The third-order valence-corrected chi connectivity index (χ3v) is 7.05. The van der Waals surface area contributed by atoms with E-state index in [-0.39, 0.29) is 5.60 Å². The van der Waals surface area contributed by atoms with E-state index in [9.17, 15) is 0 Å². The average Bonchev–Trinajstić information content (AvgIpc) is 2.91. The molecule has 0 amide bonds. The minimum Gasteiger partial charge on any atom is -0.379 e. The van der Waals surface area contributed by atoms with Gasteiger partial charge in [0.25, 0.3) is 0 Å². The number of allylic oxidation sites excluding steroid dienone is 22. The molecule has 0 aromatic rings. The summed E-state index contributed by atoms with van der Waals surface area (Å²) >= 11 is 0. The van der Waals surface area contributed by atoms with E-state index in [0.717, 1.165) is 38.5 Å². The van der Waals surface area contributed by atoms with Crippen LogP contribution in [0.5, 0.6) is 0 Å². The second-order valence-corrected chi connectivity index (χ2v) is 12.4. The molecule has 232 valence electrons. The molecule has 0 aromatic heterocycles. The molecule has 0 saturated heterocycles. The summed E-state index contributed by atoms with van der Waals surface area (Å²) in [5.41, 5.74) is 9.37. The van der Waals surface area contributed by atoms with E-state index < -0.39 is 0 Å². The normalized spacial score (nSPS) is 15.3. The lowest BCUT2D eigenvalue weighted by Gasteiger charge is -2.22. The van der Waals surface area contributed by atoms with Crippen LogP contribution in [0.4, 0.5) is 0 Å². The van der Waals surface area contributed by atoms with Crippen LogP contribution in [0.1, 0.15) is 114 Å². The zero-order chi connectivity index (χ0) is 31.8. The van der Waals surface area contributed by atoms with Crippen LogP contribution >= 0.6 is 0 Å². The quantitative estimate of drug-likeness (QED) is 0.111. The van der Waals surface area contributed by atoms with Crippen LogP contribution in [0, 0.1) is 0 Å². The maximum absolute atomic E-state index is 5.50. The van der Waals surface area contributed by atoms with Gasteiger partial charge in [-0.2, -0.15) is 0 Å². The molecule has 0 heterocycles. The largest absolute Gasteiger partial charge is 0.379 e. The molecule has 0 saturated carbocycles. The molecule has 0 rings (SSSR count). The predicted molar refractivity (Wildman–Crippen MR) is 192 cm³/mol. The monoisotopic (exact) mass is 570 g/mol. The molecule has 0 radical (unpaired) electrons. The third-order valence-electron chi connectivity index (χ3n) is 7.05. The van der Waals surface area contributed by atoms with E-state index in [1.165, 1.54) is 45.4 Å². The summed E-state index contributed by atoms with van der Waals surface area (Å²) in [6, 6.07) is 0. The molecule has 0 fully saturated rings. The molecular weight excluding hydrogens is 508 g/mol. The zero-order valence-corrected chi connectivity index (χ0v) is 29.0. The Morgan fingerprint density at radius 1 is 0.524 bits per heavy atom. The van der Waals surface area contributed by atoms with Crippen molar-refractivity contribution in [2.45, 2.75) is 120 Å². The van der Waals surface area contributed by atoms with Gasteiger partial charge in [0.2, 0.25) is 0 Å². The highest BCUT2D eigenvalue weighted by Crippen LogP contribution is 2.19. The van der Waals surface area contributed by atoms with Crippen molar-refractivity contribution in [3.63, 3.8) is 0 Å². The summed E-state index contributed by atoms with van der Waals surface area (Å²) in [5, 5.41) is 0. The van der Waals surface area contributed by atoms with Gasteiger partial charge in [-0.3, -0.25) is 0 Å². The summed E-state index contributed by atoms with van der Waals surface area (Å²) in [6.07, 6.45) is 40.6. The maximum atomic E-state index is 5.50. The van der Waals surface area contributed by atoms with Crippen molar-refractivity contribution in [1.29, 1.82) is 0 Å². The highest BCUT2D eigenvalue weighted by atomic mass is 16.5. The summed E-state index contributed by atoms with van der Waals surface area (Å²) < 4.78 is 5.50. The number of ether oxygens (including phenoxy) is 1. The van der Waals surface area contributed by atoms with E-state index in [1.54, 1.807) is 7.11 Å². The Morgan fingerprint density at radius 2 is 0.952 bits per heavy atom. The van der Waals surface area contributed by atoms with Crippen molar-refractivity contribution >= 4 is 0 Å². The Bertz CT molecular complexity index is 1110. The van der Waals surface area contributed by atoms with Crippen LogP contribution in [0.2, 0.25) is 0 Å². The molecule has 42 heavy (non-hydrogen) atoms. The maximum Gasteiger partial charge on any atom is 0.0622 e. The zero-order valence-electron chi connectivity index (χ0n) is 29.0. The lowest BCUT2D eigenvalue weighted by Crippen LogP contribution is -2.21. The van der Waals surface area contributed by atoms with Crippen LogP contribution in [-0.4, -0.2) is 12.7 Å². The number of rotatable bonds is 19. The van der Waals surface area contributed by atoms with E-state index >= 15 is 0 Å². The lowest BCUT2D eigenvalue weighted by atomic mass is 9.99. The molecule has 1 heteroatoms. The molecule has 0 atom stereocenters. The molecular formula is C41H62O. The van der Waals surface area contributed by atoms with Crippen molar-refractivity contribution in [2.75, 3.05) is 7.11 Å². The van der Waals surface area contributed by atoms with Crippen molar-refractivity contribution in [1.82, 2.24) is 0 Å². The van der Waals surface area contributed by atoms with E-state index in [1.807, 2.05) is 0 Å². The van der Waals surface area contributed by atoms with Gasteiger partial charge >= 0.3 is 0 Å². The van der Waals surface area contributed by atoms with Gasteiger partial charge in [-0.25, -0.2) is 0 Å². The fourth-order valence-corrected chi connectivity index (χ4v) is 3.96. The number of hydrogen-bond donors (Lipinski definition) is 0. The highest BCUT2D eigenvalue weighted by molar-refractivity contribution is 5.31. The minimum absolute atomic E-state index is 0.0312. The van der Waals surface area contributed by atoms with E-state index in [0.29, 0.717) is 0 Å². The Balaban J connectivity index is 4.60. The van der Waals surface area contributed by atoms with E-state index in [4.69, 9.17) is 4.74 Å². The van der Waals surface area contributed by atoms with Gasteiger partial charge in [0.1, 0.15) is 0 Å². The first-order valence-corrected chi connectivity index (χ1v) is 15.7. The number of hydrogen-bond acceptors (Lipinski definition) is 1. The minimum atomic E-state index is -0.0312. The molecule has 0 bridgehead atoms. The first-order chi connectivity index (χ1) is 19.8. The fraction of sp³-hybridized carbons (Fsp3) is 0.463. The topological polar surface area (TPSA) is 9.23 Å². The molecule has 1 nitrogen and oxygen atoms in total. The summed E-state index contributed by atoms with van der Waals surface area (Å²) in [7, 11) is 1.79. The molecule has 0 aliphatic carbocycles. The van der Waals surface area contributed by atoms with Gasteiger partial charge in [-0.1, -0.05) is 130 Å². The Kier molecular flexibility index (Phi) is 22.0. The Labute approximate surface area is 261 Å². The van der Waals surface area contributed by atoms with Crippen molar-refractivity contribution in [3.05, 3.63) is 130 Å². The summed E-state index contributed by atoms with van der Waals surface area (Å²) in [4.78, 5) is 0. The molecule has 0 aliphatic rings. The van der Waals surface area contributed by atoms with Crippen LogP contribution in [0.15, 0.2) is 130 Å². The lowest BCUT2D eigenvalue weighted by molar-refractivity contribution is 0.0140. The summed E-state index contributed by atoms with van der Waals surface area (Å²) in [6.45, 7) is 21.7. The first-order valence-electron chi connectivity index (χ1n) is 15.7. The smallest absolute Gasteiger partial charge is 0.0622 e. The highest BCUT2D eigenvalue weighted by Gasteiger charge is 2.14. The molecule has 0 aromatic carbocycles. The van der Waals surface area contributed by atoms with Gasteiger partial charge < -0.3 is 4.74 Å². The first kappa shape index (κ1) is 39.1. The fourth-order valence-electron chi connectivity index (χ4n) is 3.96. The molecule has 0 spiro atoms. The molecule has 0 N–H and O–H groups in total. The predicted octanol–water partition coefficient (Wildman–Crippen LogP) is 13.0. The van der Waals surface area contributed by atoms with E-state index in [2.05, 4.69) is 160 Å². The molecule has 0 unspecified atom stereocenters. The van der Waals surface area contributed by atoms with Crippen LogP contribution < -0.4 is 0 Å². The number of methoxy groups -OCH3 is 1. The van der Waals surface area contributed by atoms with Crippen LogP contribution in [-0.2, 0) is 4.74 Å². The Morgan fingerprint density at radius 3 is 1.45 bits per heavy atom. The van der Waals surface area contributed by atoms with Gasteiger partial charge in [-0.15, -0.1) is 0 Å². The van der Waals surface area contributed by atoms with Crippen molar-refractivity contribution in [2.24, 2.45) is 0 Å². The Hall–Kier alpha value is -2.90. The van der Waals surface area contributed by atoms with Crippen LogP contribution in [0.3, 0.4) is 0 Å². The SMILES string of the molecule is COC(C)(C)CCC/C(C)=C/C=C/C(C)=C/C=C/C(C)=C/C=C/C=C(C)/C=C/C=C(\C)CC/C=C(\C)CCC=C(C)C. The second-order valence-electron chi connectivity index (χ2n) is 12.4. The van der Waals surface area contributed by atoms with Gasteiger partial charge in [0.05, 0.1) is 5.60 Å². The van der Waals surface area contributed by atoms with Gasteiger partial charge in [0.15, 0.2) is 0 Å².